The largest absolute Gasteiger partial charge is 0.416 e. The van der Waals surface area contributed by atoms with Gasteiger partial charge in [-0.15, -0.1) is 0 Å². The van der Waals surface area contributed by atoms with Crippen LogP contribution in [0.1, 0.15) is 37.7 Å². The lowest BCUT2D eigenvalue weighted by Crippen LogP contribution is -2.34. The van der Waals surface area contributed by atoms with Gasteiger partial charge < -0.3 is 5.32 Å². The van der Waals surface area contributed by atoms with Gasteiger partial charge in [-0.25, -0.2) is 0 Å². The Morgan fingerprint density at radius 3 is 2.36 bits per heavy atom. The molecule has 8 heteroatoms. The molecule has 0 aromatic heterocycles. The van der Waals surface area contributed by atoms with Crippen molar-refractivity contribution < 1.29 is 27.6 Å². The molecule has 2 saturated carbocycles. The van der Waals surface area contributed by atoms with Crippen molar-refractivity contribution in [2.75, 3.05) is 11.9 Å². The number of hydrogen-bond donors (Lipinski definition) is 1. The molecule has 3 aliphatic rings. The van der Waals surface area contributed by atoms with Crippen LogP contribution in [0.5, 0.6) is 0 Å². The molecule has 0 spiro atoms. The van der Waals surface area contributed by atoms with Gasteiger partial charge in [-0.05, 0) is 55.7 Å². The van der Waals surface area contributed by atoms with Crippen LogP contribution in [0.3, 0.4) is 0 Å². The van der Waals surface area contributed by atoms with Gasteiger partial charge in [0.15, 0.2) is 0 Å². The molecule has 3 fully saturated rings. The minimum atomic E-state index is -4.48. The van der Waals surface area contributed by atoms with E-state index < -0.39 is 17.6 Å². The lowest BCUT2D eigenvalue weighted by atomic mass is 9.81. The van der Waals surface area contributed by atoms with Crippen molar-refractivity contribution >= 4 is 23.4 Å². The topological polar surface area (TPSA) is 66.5 Å². The van der Waals surface area contributed by atoms with Crippen LogP contribution in [0, 0.1) is 23.7 Å². The molecule has 3 amide bonds. The van der Waals surface area contributed by atoms with E-state index in [0.29, 0.717) is 11.8 Å². The van der Waals surface area contributed by atoms with Crippen molar-refractivity contribution in [2.24, 2.45) is 23.7 Å². The van der Waals surface area contributed by atoms with E-state index in [-0.39, 0.29) is 48.7 Å². The highest BCUT2D eigenvalue weighted by atomic mass is 19.4. The van der Waals surface area contributed by atoms with Crippen molar-refractivity contribution in [3.8, 4) is 0 Å². The molecule has 1 aromatic rings. The summed E-state index contributed by atoms with van der Waals surface area (Å²) in [5, 5.41) is 2.44. The number of likely N-dealkylation sites (tertiary alicyclic amines) is 1. The SMILES string of the molecule is O=C(CCCN1C(=O)C2C3CCC(C3)C2C1=O)Nc1cccc(C(F)(F)F)c1. The van der Waals surface area contributed by atoms with E-state index in [1.807, 2.05) is 0 Å². The number of alkyl halides is 3. The lowest BCUT2D eigenvalue weighted by Gasteiger charge is -2.19. The van der Waals surface area contributed by atoms with Crippen LogP contribution in [0.2, 0.25) is 0 Å². The summed E-state index contributed by atoms with van der Waals surface area (Å²) in [6, 6.07) is 4.43. The second-order valence-electron chi connectivity index (χ2n) is 7.94. The monoisotopic (exact) mass is 394 g/mol. The van der Waals surface area contributed by atoms with Crippen LogP contribution < -0.4 is 5.32 Å². The van der Waals surface area contributed by atoms with Crippen molar-refractivity contribution in [2.45, 2.75) is 38.3 Å². The Hall–Kier alpha value is -2.38. The third-order valence-corrected chi connectivity index (χ3v) is 6.28. The summed E-state index contributed by atoms with van der Waals surface area (Å²) >= 11 is 0. The predicted molar refractivity (Wildman–Crippen MR) is 93.8 cm³/mol. The molecule has 4 atom stereocenters. The van der Waals surface area contributed by atoms with Gasteiger partial charge in [0.05, 0.1) is 17.4 Å². The molecule has 150 valence electrons. The molecule has 1 aliphatic heterocycles. The number of hydrogen-bond acceptors (Lipinski definition) is 3. The lowest BCUT2D eigenvalue weighted by molar-refractivity contribution is -0.141. The molecule has 1 heterocycles. The van der Waals surface area contributed by atoms with Crippen LogP contribution in [0.25, 0.3) is 0 Å². The molecule has 28 heavy (non-hydrogen) atoms. The highest BCUT2D eigenvalue weighted by molar-refractivity contribution is 6.06. The van der Waals surface area contributed by atoms with E-state index in [1.54, 1.807) is 0 Å². The number of amides is 3. The molecule has 1 saturated heterocycles. The standard InChI is InChI=1S/C20H21F3N2O3/c21-20(22,23)13-3-1-4-14(10-13)24-15(26)5-2-8-25-18(27)16-11-6-7-12(9-11)17(16)19(25)28/h1,3-4,10-12,16-17H,2,5-9H2,(H,24,26). The Bertz CT molecular complexity index is 795. The van der Waals surface area contributed by atoms with Crippen LogP contribution in [-0.2, 0) is 20.6 Å². The molecule has 1 N–H and O–H groups in total. The molecule has 5 nitrogen and oxygen atoms in total. The quantitative estimate of drug-likeness (QED) is 0.778. The first-order valence-corrected chi connectivity index (χ1v) is 9.58. The average Bonchev–Trinajstić information content (AvgIpc) is 3.30. The summed E-state index contributed by atoms with van der Waals surface area (Å²) in [5.41, 5.74) is -0.765. The maximum absolute atomic E-state index is 12.7. The van der Waals surface area contributed by atoms with Gasteiger partial charge >= 0.3 is 6.18 Å². The van der Waals surface area contributed by atoms with Gasteiger partial charge in [0.25, 0.3) is 0 Å². The maximum Gasteiger partial charge on any atom is 0.416 e. The molecule has 4 unspecified atom stereocenters. The van der Waals surface area contributed by atoms with E-state index in [1.165, 1.54) is 17.0 Å². The van der Waals surface area contributed by atoms with Crippen LogP contribution in [0.15, 0.2) is 24.3 Å². The number of nitrogens with zero attached hydrogens (tertiary/aromatic N) is 1. The Morgan fingerprint density at radius 1 is 1.11 bits per heavy atom. The number of benzene rings is 1. The van der Waals surface area contributed by atoms with E-state index >= 15 is 0 Å². The molecule has 4 rings (SSSR count). The number of imide groups is 1. The van der Waals surface area contributed by atoms with E-state index in [2.05, 4.69) is 5.32 Å². The first-order chi connectivity index (χ1) is 13.3. The third kappa shape index (κ3) is 3.29. The molecule has 2 aliphatic carbocycles. The highest BCUT2D eigenvalue weighted by Crippen LogP contribution is 2.56. The number of carbonyl (C=O) groups excluding carboxylic acids is 3. The van der Waals surface area contributed by atoms with Gasteiger partial charge in [0.1, 0.15) is 0 Å². The van der Waals surface area contributed by atoms with Crippen molar-refractivity contribution in [1.29, 1.82) is 0 Å². The Balaban J connectivity index is 1.29. The van der Waals surface area contributed by atoms with Gasteiger partial charge in [-0.1, -0.05) is 6.07 Å². The maximum atomic E-state index is 12.7. The first-order valence-electron chi connectivity index (χ1n) is 9.58. The van der Waals surface area contributed by atoms with E-state index in [4.69, 9.17) is 0 Å². The molecule has 0 radical (unpaired) electrons. The fourth-order valence-electron chi connectivity index (χ4n) is 5.09. The summed E-state index contributed by atoms with van der Waals surface area (Å²) in [4.78, 5) is 38.5. The fourth-order valence-corrected chi connectivity index (χ4v) is 5.09. The van der Waals surface area contributed by atoms with Crippen LogP contribution in [0.4, 0.5) is 18.9 Å². The van der Waals surface area contributed by atoms with E-state index in [9.17, 15) is 27.6 Å². The Labute approximate surface area is 160 Å². The van der Waals surface area contributed by atoms with Gasteiger partial charge in [-0.3, -0.25) is 19.3 Å². The predicted octanol–water partition coefficient (Wildman–Crippen LogP) is 3.46. The molecule has 2 bridgehead atoms. The highest BCUT2D eigenvalue weighted by Gasteiger charge is 2.60. The number of rotatable bonds is 5. The number of anilines is 1. The smallest absolute Gasteiger partial charge is 0.326 e. The number of halogens is 3. The van der Waals surface area contributed by atoms with Gasteiger partial charge in [0.2, 0.25) is 17.7 Å². The van der Waals surface area contributed by atoms with Crippen molar-refractivity contribution in [3.63, 3.8) is 0 Å². The third-order valence-electron chi connectivity index (χ3n) is 6.28. The summed E-state index contributed by atoms with van der Waals surface area (Å²) in [6.07, 6.45) is -1.17. The normalized spacial score (nSPS) is 28.8. The molecular weight excluding hydrogens is 373 g/mol. The zero-order valence-electron chi connectivity index (χ0n) is 15.2. The van der Waals surface area contributed by atoms with Crippen LogP contribution >= 0.6 is 0 Å². The summed E-state index contributed by atoms with van der Waals surface area (Å²) in [7, 11) is 0. The zero-order valence-corrected chi connectivity index (χ0v) is 15.2. The van der Waals surface area contributed by atoms with Crippen LogP contribution in [-0.4, -0.2) is 29.2 Å². The van der Waals surface area contributed by atoms with Crippen molar-refractivity contribution in [3.05, 3.63) is 29.8 Å². The average molecular weight is 394 g/mol. The minimum Gasteiger partial charge on any atom is -0.326 e. The molecule has 1 aromatic carbocycles. The van der Waals surface area contributed by atoms with Gasteiger partial charge in [-0.2, -0.15) is 13.2 Å². The zero-order chi connectivity index (χ0) is 20.1. The number of nitrogens with one attached hydrogen (secondary N) is 1. The summed E-state index contributed by atoms with van der Waals surface area (Å²) < 4.78 is 38.2. The molecular formula is C20H21F3N2O3. The summed E-state index contributed by atoms with van der Waals surface area (Å²) in [6.45, 7) is 0.181. The first kappa shape index (κ1) is 19.0. The van der Waals surface area contributed by atoms with Crippen molar-refractivity contribution in [1.82, 2.24) is 4.90 Å². The number of fused-ring (bicyclic) bond motifs is 5. The summed E-state index contributed by atoms with van der Waals surface area (Å²) in [5.74, 6) is -0.378. The fraction of sp³-hybridized carbons (Fsp3) is 0.550. The second kappa shape index (κ2) is 6.90. The second-order valence-corrected chi connectivity index (χ2v) is 7.94. The number of carbonyl (C=O) groups is 3. The van der Waals surface area contributed by atoms with Gasteiger partial charge in [0, 0.05) is 18.7 Å². The Morgan fingerprint density at radius 2 is 1.75 bits per heavy atom. The van der Waals surface area contributed by atoms with E-state index in [0.717, 1.165) is 31.4 Å². The Kier molecular flexibility index (Phi) is 4.67. The minimum absolute atomic E-state index is 0.0233.